The second kappa shape index (κ2) is 7.82. The molecule has 2 aromatic rings. The van der Waals surface area contributed by atoms with Gasteiger partial charge in [-0.1, -0.05) is 17.7 Å². The lowest BCUT2D eigenvalue weighted by Crippen LogP contribution is -2.49. The smallest absolute Gasteiger partial charge is 0.293 e. The Morgan fingerprint density at radius 3 is 2.28 bits per heavy atom. The van der Waals surface area contributed by atoms with Crippen molar-refractivity contribution in [1.29, 1.82) is 0 Å². The summed E-state index contributed by atoms with van der Waals surface area (Å²) in [5.74, 6) is -0.0484. The summed E-state index contributed by atoms with van der Waals surface area (Å²) in [6.07, 6.45) is 1.02. The van der Waals surface area contributed by atoms with Crippen LogP contribution in [0.5, 0.6) is 0 Å². The molecule has 154 valence electrons. The van der Waals surface area contributed by atoms with E-state index in [2.05, 4.69) is 0 Å². The van der Waals surface area contributed by atoms with Crippen molar-refractivity contribution in [3.8, 4) is 0 Å². The van der Waals surface area contributed by atoms with Gasteiger partial charge in [0.1, 0.15) is 5.69 Å². The lowest BCUT2D eigenvalue weighted by atomic mass is 10.0. The molecule has 0 aliphatic carbocycles. The van der Waals surface area contributed by atoms with Crippen LogP contribution in [-0.2, 0) is 9.84 Å². The van der Waals surface area contributed by atoms with E-state index < -0.39 is 14.8 Å². The van der Waals surface area contributed by atoms with Crippen molar-refractivity contribution in [2.45, 2.75) is 18.7 Å². The molecule has 1 fully saturated rings. The summed E-state index contributed by atoms with van der Waals surface area (Å²) in [6.45, 7) is 5.54. The summed E-state index contributed by atoms with van der Waals surface area (Å²) in [4.78, 5) is 27.3. The minimum atomic E-state index is -3.54. The summed E-state index contributed by atoms with van der Waals surface area (Å²) < 4.78 is 23.4. The molecule has 8 nitrogen and oxygen atoms in total. The average molecular weight is 417 g/mol. The Labute approximate surface area is 169 Å². The highest BCUT2D eigenvalue weighted by atomic mass is 32.2. The van der Waals surface area contributed by atoms with E-state index in [-0.39, 0.29) is 16.5 Å². The third-order valence-corrected chi connectivity index (χ3v) is 6.21. The molecule has 0 N–H and O–H groups in total. The van der Waals surface area contributed by atoms with E-state index in [1.165, 1.54) is 12.1 Å². The predicted molar refractivity (Wildman–Crippen MR) is 110 cm³/mol. The molecule has 0 unspecified atom stereocenters. The quantitative estimate of drug-likeness (QED) is 0.560. The summed E-state index contributed by atoms with van der Waals surface area (Å²) in [7, 11) is -3.54. The summed E-state index contributed by atoms with van der Waals surface area (Å²) >= 11 is 0. The largest absolute Gasteiger partial charge is 0.362 e. The molecule has 1 amide bonds. The van der Waals surface area contributed by atoms with Crippen molar-refractivity contribution < 1.29 is 18.1 Å². The molecule has 0 aromatic heterocycles. The number of anilines is 1. The first-order chi connectivity index (χ1) is 13.6. The monoisotopic (exact) mass is 417 g/mol. The molecule has 1 saturated heterocycles. The highest BCUT2D eigenvalue weighted by molar-refractivity contribution is 7.90. The molecule has 1 aliphatic rings. The molecule has 0 atom stereocenters. The Morgan fingerprint density at radius 2 is 1.69 bits per heavy atom. The number of amides is 1. The van der Waals surface area contributed by atoms with Gasteiger partial charge in [0.15, 0.2) is 9.84 Å². The van der Waals surface area contributed by atoms with Crippen LogP contribution in [0.4, 0.5) is 11.4 Å². The normalized spacial score (nSPS) is 14.7. The van der Waals surface area contributed by atoms with Gasteiger partial charge in [0.2, 0.25) is 0 Å². The molecular formula is C20H23N3O5S. The molecule has 0 saturated carbocycles. The first-order valence-corrected chi connectivity index (χ1v) is 11.1. The van der Waals surface area contributed by atoms with Crippen molar-refractivity contribution >= 4 is 27.1 Å². The number of rotatable bonds is 4. The first-order valence-electron chi connectivity index (χ1n) is 9.18. The van der Waals surface area contributed by atoms with Crippen LogP contribution < -0.4 is 4.90 Å². The van der Waals surface area contributed by atoms with Crippen LogP contribution in [0.2, 0.25) is 0 Å². The van der Waals surface area contributed by atoms with E-state index in [0.717, 1.165) is 23.4 Å². The number of carbonyl (C=O) groups excluding carboxylic acids is 1. The number of nitro groups is 1. The minimum Gasteiger partial charge on any atom is -0.362 e. The maximum absolute atomic E-state index is 12.9. The van der Waals surface area contributed by atoms with Crippen molar-refractivity contribution in [3.05, 3.63) is 63.2 Å². The number of sulfone groups is 1. The lowest BCUT2D eigenvalue weighted by Gasteiger charge is -2.36. The summed E-state index contributed by atoms with van der Waals surface area (Å²) in [5, 5.41) is 11.5. The van der Waals surface area contributed by atoms with Gasteiger partial charge in [-0.3, -0.25) is 14.9 Å². The van der Waals surface area contributed by atoms with E-state index in [4.69, 9.17) is 0 Å². The number of nitro benzene ring substituents is 1. The Hall–Kier alpha value is -2.94. The molecule has 3 rings (SSSR count). The van der Waals surface area contributed by atoms with E-state index in [0.29, 0.717) is 37.4 Å². The van der Waals surface area contributed by atoms with Gasteiger partial charge in [-0.25, -0.2) is 8.42 Å². The lowest BCUT2D eigenvalue weighted by molar-refractivity contribution is -0.384. The molecule has 1 heterocycles. The Balaban J connectivity index is 1.79. The Bertz CT molecular complexity index is 1070. The molecule has 0 spiro atoms. The second-order valence-electron chi connectivity index (χ2n) is 7.28. The first kappa shape index (κ1) is 20.8. The van der Waals surface area contributed by atoms with Gasteiger partial charge in [-0.15, -0.1) is 0 Å². The number of aryl methyl sites for hydroxylation is 2. The van der Waals surface area contributed by atoms with Crippen LogP contribution in [0, 0.1) is 24.0 Å². The summed E-state index contributed by atoms with van der Waals surface area (Å²) in [6, 6.07) is 9.70. The van der Waals surface area contributed by atoms with E-state index in [1.807, 2.05) is 36.9 Å². The molecule has 1 aliphatic heterocycles. The SMILES string of the molecule is Cc1ccc(C)c(C(=O)N2CCN(c3ccc(S(C)(=O)=O)cc3[N+](=O)[O-])CC2)c1. The number of hydrogen-bond acceptors (Lipinski definition) is 6. The van der Waals surface area contributed by atoms with Crippen LogP contribution >= 0.6 is 0 Å². The number of nitrogens with zero attached hydrogens (tertiary/aromatic N) is 3. The highest BCUT2D eigenvalue weighted by Crippen LogP contribution is 2.31. The Kier molecular flexibility index (Phi) is 5.61. The molecule has 0 radical (unpaired) electrons. The zero-order valence-electron chi connectivity index (χ0n) is 16.6. The summed E-state index contributed by atoms with van der Waals surface area (Å²) in [5.41, 5.74) is 2.71. The van der Waals surface area contributed by atoms with Crippen molar-refractivity contribution in [2.24, 2.45) is 0 Å². The maximum atomic E-state index is 12.9. The van der Waals surface area contributed by atoms with Crippen LogP contribution in [0.1, 0.15) is 21.5 Å². The van der Waals surface area contributed by atoms with Crippen molar-refractivity contribution in [1.82, 2.24) is 4.90 Å². The third kappa shape index (κ3) is 4.40. The molecule has 29 heavy (non-hydrogen) atoms. The number of piperazine rings is 1. The zero-order chi connectivity index (χ0) is 21.3. The fraction of sp³-hybridized carbons (Fsp3) is 0.350. The van der Waals surface area contributed by atoms with Gasteiger partial charge in [-0.2, -0.15) is 0 Å². The van der Waals surface area contributed by atoms with Gasteiger partial charge < -0.3 is 9.80 Å². The van der Waals surface area contributed by atoms with Gasteiger partial charge in [0.05, 0.1) is 9.82 Å². The van der Waals surface area contributed by atoms with Crippen LogP contribution in [0.15, 0.2) is 41.3 Å². The number of hydrogen-bond donors (Lipinski definition) is 0. The molecular weight excluding hydrogens is 394 g/mol. The maximum Gasteiger partial charge on any atom is 0.293 e. The highest BCUT2D eigenvalue weighted by Gasteiger charge is 2.28. The Morgan fingerprint density at radius 1 is 1.03 bits per heavy atom. The standard InChI is InChI=1S/C20H23N3O5S/c1-14-4-5-15(2)17(12-14)20(24)22-10-8-21(9-11-22)18-7-6-16(29(3,27)28)13-19(18)23(25)26/h4-7,12-13H,8-11H2,1-3H3. The van der Waals surface area contributed by atoms with Crippen LogP contribution in [0.25, 0.3) is 0 Å². The molecule has 2 aromatic carbocycles. The van der Waals surface area contributed by atoms with E-state index >= 15 is 0 Å². The van der Waals surface area contributed by atoms with Crippen LogP contribution in [0.3, 0.4) is 0 Å². The van der Waals surface area contributed by atoms with Gasteiger partial charge in [-0.05, 0) is 37.6 Å². The van der Waals surface area contributed by atoms with E-state index in [9.17, 15) is 23.3 Å². The molecule has 0 bridgehead atoms. The fourth-order valence-corrected chi connectivity index (χ4v) is 4.08. The second-order valence-corrected chi connectivity index (χ2v) is 9.29. The number of carbonyl (C=O) groups is 1. The third-order valence-electron chi connectivity index (χ3n) is 5.10. The topological polar surface area (TPSA) is 101 Å². The van der Waals surface area contributed by atoms with Gasteiger partial charge in [0, 0.05) is 44.1 Å². The van der Waals surface area contributed by atoms with Crippen molar-refractivity contribution in [2.75, 3.05) is 37.3 Å². The van der Waals surface area contributed by atoms with E-state index in [1.54, 1.807) is 4.90 Å². The predicted octanol–water partition coefficient (Wildman–Crippen LogP) is 2.58. The fourth-order valence-electron chi connectivity index (χ4n) is 3.43. The van der Waals surface area contributed by atoms with Crippen LogP contribution in [-0.4, -0.2) is 56.6 Å². The van der Waals surface area contributed by atoms with Crippen molar-refractivity contribution in [3.63, 3.8) is 0 Å². The minimum absolute atomic E-state index is 0.0484. The zero-order valence-corrected chi connectivity index (χ0v) is 17.4. The molecule has 9 heteroatoms. The average Bonchev–Trinajstić information content (AvgIpc) is 2.68. The van der Waals surface area contributed by atoms with Gasteiger partial charge in [0.25, 0.3) is 11.6 Å². The number of benzene rings is 2. The van der Waals surface area contributed by atoms with Gasteiger partial charge >= 0.3 is 0 Å².